The summed E-state index contributed by atoms with van der Waals surface area (Å²) >= 11 is 0. The summed E-state index contributed by atoms with van der Waals surface area (Å²) in [6.07, 6.45) is 1.84. The van der Waals surface area contributed by atoms with Crippen LogP contribution in [0.2, 0.25) is 0 Å². The van der Waals surface area contributed by atoms with Crippen molar-refractivity contribution in [1.82, 2.24) is 0 Å². The predicted octanol–water partition coefficient (Wildman–Crippen LogP) is 5.39. The first-order chi connectivity index (χ1) is 18.4. The molecule has 0 radical (unpaired) electrons. The second-order valence-electron chi connectivity index (χ2n) is 7.84. The van der Waals surface area contributed by atoms with E-state index in [1.807, 2.05) is 13.8 Å². The van der Waals surface area contributed by atoms with E-state index in [4.69, 9.17) is 9.47 Å². The van der Waals surface area contributed by atoms with Crippen LogP contribution in [0.4, 0.5) is 9.59 Å². The van der Waals surface area contributed by atoms with E-state index in [9.17, 15) is 19.2 Å². The molecular weight excluding hydrogens is 504 g/mol. The highest BCUT2D eigenvalue weighted by molar-refractivity contribution is 5.89. The van der Waals surface area contributed by atoms with Crippen LogP contribution in [-0.4, -0.2) is 37.5 Å². The van der Waals surface area contributed by atoms with Gasteiger partial charge in [-0.2, -0.15) is 0 Å². The lowest BCUT2D eigenvalue weighted by molar-refractivity contribution is -0.452. The van der Waals surface area contributed by atoms with E-state index in [1.54, 1.807) is 48.5 Å². The number of rotatable bonds is 15. The fourth-order valence-electron chi connectivity index (χ4n) is 3.00. The molecule has 2 rings (SSSR count). The van der Waals surface area contributed by atoms with Crippen LogP contribution in [0.5, 0.6) is 0 Å². The smallest absolute Gasteiger partial charge is 0.432 e. The van der Waals surface area contributed by atoms with Gasteiger partial charge in [-0.3, -0.25) is 9.78 Å². The zero-order valence-electron chi connectivity index (χ0n) is 21.2. The van der Waals surface area contributed by atoms with E-state index in [2.05, 4.69) is 29.6 Å². The van der Waals surface area contributed by atoms with Crippen LogP contribution in [-0.2, 0) is 51.9 Å². The molecule has 38 heavy (non-hydrogen) atoms. The molecule has 0 fully saturated rings. The van der Waals surface area contributed by atoms with E-state index >= 15 is 0 Å². The largest absolute Gasteiger partial charge is 0.543 e. The molecule has 0 atom stereocenters. The van der Waals surface area contributed by atoms with Gasteiger partial charge in [-0.1, -0.05) is 51.0 Å². The molecule has 2 aromatic rings. The maximum absolute atomic E-state index is 11.8. The summed E-state index contributed by atoms with van der Waals surface area (Å²) in [5, 5.41) is 8.27. The Morgan fingerprint density at radius 1 is 0.553 bits per heavy atom. The molecule has 0 aliphatic carbocycles. The Kier molecular flexibility index (Phi) is 13.7. The highest BCUT2D eigenvalue weighted by Crippen LogP contribution is 2.10. The van der Waals surface area contributed by atoms with Crippen molar-refractivity contribution in [2.24, 2.45) is 0 Å². The molecule has 0 N–H and O–H groups in total. The maximum Gasteiger partial charge on any atom is 0.543 e. The number of benzene rings is 2. The Bertz CT molecular complexity index is 934. The Morgan fingerprint density at radius 2 is 0.921 bits per heavy atom. The quantitative estimate of drug-likeness (QED) is 0.125. The topological polar surface area (TPSA) is 142 Å². The van der Waals surface area contributed by atoms with Crippen LogP contribution in [0.3, 0.4) is 0 Å². The van der Waals surface area contributed by atoms with Gasteiger partial charge in [0.15, 0.2) is 0 Å². The number of ether oxygens (including phenoxy) is 2. The molecule has 0 aliphatic rings. The Labute approximate surface area is 219 Å². The van der Waals surface area contributed by atoms with Gasteiger partial charge in [0.2, 0.25) is 0 Å². The zero-order chi connectivity index (χ0) is 27.6. The SMILES string of the molecule is CCCc1ccc(C(=O)OOOC(=O)OCCCCOC(=O)OOOC(=O)c2ccc(CCC)cc2)cc1. The van der Waals surface area contributed by atoms with Crippen LogP contribution >= 0.6 is 0 Å². The second kappa shape index (κ2) is 17.3. The van der Waals surface area contributed by atoms with Crippen molar-refractivity contribution in [3.05, 3.63) is 70.8 Å². The van der Waals surface area contributed by atoms with Gasteiger partial charge in [-0.25, -0.2) is 29.0 Å². The van der Waals surface area contributed by atoms with Crippen LogP contribution < -0.4 is 0 Å². The zero-order valence-corrected chi connectivity index (χ0v) is 21.2. The summed E-state index contributed by atoms with van der Waals surface area (Å²) in [7, 11) is 0. The number of unbranched alkanes of at least 4 members (excludes halogenated alkanes) is 1. The molecule has 12 nitrogen and oxygen atoms in total. The molecule has 206 valence electrons. The first kappa shape index (κ1) is 30.1. The highest BCUT2D eigenvalue weighted by atomic mass is 17.5. The minimum Gasteiger partial charge on any atom is -0.432 e. The minimum absolute atomic E-state index is 0.0986. The normalized spacial score (nSPS) is 10.3. The van der Waals surface area contributed by atoms with Gasteiger partial charge in [0.25, 0.3) is 0 Å². The predicted molar refractivity (Wildman–Crippen MR) is 128 cm³/mol. The van der Waals surface area contributed by atoms with E-state index in [1.165, 1.54) is 0 Å². The van der Waals surface area contributed by atoms with Crippen molar-refractivity contribution in [3.63, 3.8) is 0 Å². The molecular formula is C26H30O12. The van der Waals surface area contributed by atoms with Gasteiger partial charge in [-0.05, 0) is 61.1 Å². The number of hydrogen-bond acceptors (Lipinski definition) is 12. The van der Waals surface area contributed by atoms with Crippen molar-refractivity contribution < 1.29 is 58.3 Å². The monoisotopic (exact) mass is 534 g/mol. The van der Waals surface area contributed by atoms with Crippen LogP contribution in [0.1, 0.15) is 71.4 Å². The molecule has 0 saturated heterocycles. The average molecular weight is 535 g/mol. The van der Waals surface area contributed by atoms with Crippen molar-refractivity contribution in [2.75, 3.05) is 13.2 Å². The summed E-state index contributed by atoms with van der Waals surface area (Å²) in [5.74, 6) is -1.69. The Balaban J connectivity index is 1.47. The van der Waals surface area contributed by atoms with Gasteiger partial charge in [0.05, 0.1) is 34.4 Å². The van der Waals surface area contributed by atoms with Crippen molar-refractivity contribution in [1.29, 1.82) is 0 Å². The molecule has 12 heteroatoms. The second-order valence-corrected chi connectivity index (χ2v) is 7.84. The Hall–Kier alpha value is -4.16. The lowest BCUT2D eigenvalue weighted by Crippen LogP contribution is -2.14. The highest BCUT2D eigenvalue weighted by Gasteiger charge is 2.14. The molecule has 0 bridgehead atoms. The lowest BCUT2D eigenvalue weighted by Gasteiger charge is -2.06. The maximum atomic E-state index is 11.8. The molecule has 0 saturated carbocycles. The third-order valence-electron chi connectivity index (χ3n) is 4.86. The van der Waals surface area contributed by atoms with Crippen molar-refractivity contribution >= 4 is 24.2 Å². The molecule has 0 unspecified atom stereocenters. The number of carbonyl (C=O) groups excluding carboxylic acids is 4. The third kappa shape index (κ3) is 11.7. The molecule has 0 aromatic heterocycles. The molecule has 2 aromatic carbocycles. The van der Waals surface area contributed by atoms with Gasteiger partial charge in [-0.15, -0.1) is 0 Å². The summed E-state index contributed by atoms with van der Waals surface area (Å²) in [6.45, 7) is 3.89. The average Bonchev–Trinajstić information content (AvgIpc) is 2.91. The van der Waals surface area contributed by atoms with Crippen molar-refractivity contribution in [2.45, 2.75) is 52.4 Å². The van der Waals surface area contributed by atoms with Crippen LogP contribution in [0, 0.1) is 0 Å². The molecule has 0 heterocycles. The summed E-state index contributed by atoms with van der Waals surface area (Å²) in [4.78, 5) is 63.6. The standard InChI is InChI=1S/C26H30O12/c1-3-7-19-9-13-21(14-10-19)23(27)33-37-35-25(29)31-17-5-6-18-32-26(30)36-38-34-24(28)22-15-11-20(8-4-2)12-16-22/h9-16H,3-8,17-18H2,1-2H3. The van der Waals surface area contributed by atoms with Gasteiger partial charge in [0, 0.05) is 0 Å². The first-order valence-corrected chi connectivity index (χ1v) is 12.0. The van der Waals surface area contributed by atoms with E-state index in [0.717, 1.165) is 36.8 Å². The van der Waals surface area contributed by atoms with E-state index in [-0.39, 0.29) is 37.2 Å². The van der Waals surface area contributed by atoms with Gasteiger partial charge in [0.1, 0.15) is 0 Å². The van der Waals surface area contributed by atoms with Gasteiger partial charge < -0.3 is 9.47 Å². The van der Waals surface area contributed by atoms with E-state index < -0.39 is 24.2 Å². The summed E-state index contributed by atoms with van der Waals surface area (Å²) < 4.78 is 9.40. The number of carbonyl (C=O) groups is 4. The Morgan fingerprint density at radius 3 is 1.26 bits per heavy atom. The van der Waals surface area contributed by atoms with E-state index in [0.29, 0.717) is 0 Å². The fourth-order valence-corrected chi connectivity index (χ4v) is 3.00. The molecule has 0 amide bonds. The van der Waals surface area contributed by atoms with Crippen LogP contribution in [0.25, 0.3) is 0 Å². The fraction of sp³-hybridized carbons (Fsp3) is 0.385. The number of aryl methyl sites for hydroxylation is 2. The lowest BCUT2D eigenvalue weighted by atomic mass is 10.1. The minimum atomic E-state index is -1.23. The summed E-state index contributed by atoms with van der Waals surface area (Å²) in [5.41, 5.74) is 2.60. The summed E-state index contributed by atoms with van der Waals surface area (Å²) in [6, 6.07) is 13.4. The molecule has 0 aliphatic heterocycles. The van der Waals surface area contributed by atoms with Crippen LogP contribution in [0.15, 0.2) is 48.5 Å². The number of hydrogen-bond donors (Lipinski definition) is 0. The van der Waals surface area contributed by atoms with Gasteiger partial charge >= 0.3 is 24.2 Å². The third-order valence-corrected chi connectivity index (χ3v) is 4.86. The first-order valence-electron chi connectivity index (χ1n) is 12.0. The molecule has 0 spiro atoms. The van der Waals surface area contributed by atoms with Crippen molar-refractivity contribution in [3.8, 4) is 0 Å².